The lowest BCUT2D eigenvalue weighted by Gasteiger charge is -2.26. The molecule has 0 radical (unpaired) electrons. The molecule has 3 aromatic carbocycles. The van der Waals surface area contributed by atoms with Gasteiger partial charge < -0.3 is 10.1 Å². The fraction of sp³-hybridized carbons (Fsp3) is 0.269. The Morgan fingerprint density at radius 1 is 1.03 bits per heavy atom. The molecule has 0 fully saturated rings. The number of sulfonamides is 1. The molecule has 3 rings (SSSR count). The Bertz CT molecular complexity index is 1240. The highest BCUT2D eigenvalue weighted by Gasteiger charge is 2.28. The molecule has 6 nitrogen and oxygen atoms in total. The van der Waals surface area contributed by atoms with Gasteiger partial charge in [-0.2, -0.15) is 0 Å². The number of halogens is 1. The van der Waals surface area contributed by atoms with Crippen LogP contribution in [0.3, 0.4) is 0 Å². The van der Waals surface area contributed by atoms with E-state index in [4.69, 9.17) is 4.74 Å². The van der Waals surface area contributed by atoms with Crippen molar-refractivity contribution in [3.05, 3.63) is 89.2 Å². The van der Waals surface area contributed by atoms with Gasteiger partial charge in [0.15, 0.2) is 0 Å². The fourth-order valence-electron chi connectivity index (χ4n) is 3.67. The molecule has 1 amide bonds. The summed E-state index contributed by atoms with van der Waals surface area (Å²) in [6.45, 7) is 5.33. The van der Waals surface area contributed by atoms with Crippen molar-refractivity contribution in [2.75, 3.05) is 18.0 Å². The third-order valence-corrected chi connectivity index (χ3v) is 7.36. The van der Waals surface area contributed by atoms with Gasteiger partial charge in [-0.15, -0.1) is 0 Å². The van der Waals surface area contributed by atoms with Gasteiger partial charge in [0.2, 0.25) is 5.91 Å². The molecule has 0 spiro atoms. The van der Waals surface area contributed by atoms with Crippen LogP contribution in [0.5, 0.6) is 5.75 Å². The van der Waals surface area contributed by atoms with Crippen LogP contribution in [-0.2, 0) is 14.8 Å². The van der Waals surface area contributed by atoms with Crippen LogP contribution in [0.1, 0.15) is 36.1 Å². The van der Waals surface area contributed by atoms with E-state index in [9.17, 15) is 17.6 Å². The molecule has 0 saturated carbocycles. The summed E-state index contributed by atoms with van der Waals surface area (Å²) in [5.74, 6) is -0.244. The van der Waals surface area contributed by atoms with Gasteiger partial charge in [-0.3, -0.25) is 9.10 Å². The van der Waals surface area contributed by atoms with Crippen molar-refractivity contribution in [2.24, 2.45) is 0 Å². The van der Waals surface area contributed by atoms with Gasteiger partial charge in [0.05, 0.1) is 23.7 Å². The third kappa shape index (κ3) is 5.75. The third-order valence-electron chi connectivity index (χ3n) is 5.58. The lowest BCUT2D eigenvalue weighted by atomic mass is 10.0. The first-order valence-corrected chi connectivity index (χ1v) is 12.4. The molecule has 0 aliphatic heterocycles. The van der Waals surface area contributed by atoms with E-state index in [1.807, 2.05) is 39.0 Å². The van der Waals surface area contributed by atoms with Crippen LogP contribution < -0.4 is 14.4 Å². The number of hydrogen-bond acceptors (Lipinski definition) is 4. The number of carbonyl (C=O) groups is 1. The number of nitrogens with one attached hydrogen (secondary N) is 1. The first kappa shape index (κ1) is 25.2. The number of amides is 1. The van der Waals surface area contributed by atoms with Crippen molar-refractivity contribution < 1.29 is 22.3 Å². The molecule has 0 aliphatic rings. The van der Waals surface area contributed by atoms with Crippen molar-refractivity contribution in [2.45, 2.75) is 38.1 Å². The van der Waals surface area contributed by atoms with E-state index in [0.717, 1.165) is 38.9 Å². The van der Waals surface area contributed by atoms with Gasteiger partial charge >= 0.3 is 0 Å². The van der Waals surface area contributed by atoms with Crippen LogP contribution in [0.2, 0.25) is 0 Å². The molecule has 0 aliphatic carbocycles. The second-order valence-corrected chi connectivity index (χ2v) is 9.92. The Labute approximate surface area is 200 Å². The quantitative estimate of drug-likeness (QED) is 0.468. The number of anilines is 1. The monoisotopic (exact) mass is 484 g/mol. The van der Waals surface area contributed by atoms with Crippen molar-refractivity contribution in [3.8, 4) is 5.75 Å². The summed E-state index contributed by atoms with van der Waals surface area (Å²) in [5, 5.41) is 2.95. The van der Waals surface area contributed by atoms with Crippen molar-refractivity contribution in [1.29, 1.82) is 0 Å². The minimum atomic E-state index is -4.11. The van der Waals surface area contributed by atoms with Gasteiger partial charge in [-0.1, -0.05) is 36.8 Å². The van der Waals surface area contributed by atoms with Crippen LogP contribution in [0.15, 0.2) is 71.6 Å². The van der Waals surface area contributed by atoms with Crippen LogP contribution in [0, 0.1) is 19.7 Å². The molecular weight excluding hydrogens is 455 g/mol. The van der Waals surface area contributed by atoms with Gasteiger partial charge in [-0.25, -0.2) is 12.8 Å². The van der Waals surface area contributed by atoms with Gasteiger partial charge in [-0.05, 0) is 73.9 Å². The van der Waals surface area contributed by atoms with E-state index in [1.165, 1.54) is 12.1 Å². The number of hydrogen-bond donors (Lipinski definition) is 1. The molecule has 1 unspecified atom stereocenters. The first-order valence-electron chi connectivity index (χ1n) is 10.9. The molecule has 0 bridgehead atoms. The summed E-state index contributed by atoms with van der Waals surface area (Å²) < 4.78 is 46.6. The topological polar surface area (TPSA) is 75.7 Å². The average molecular weight is 485 g/mol. The predicted octanol–water partition coefficient (Wildman–Crippen LogP) is 4.91. The largest absolute Gasteiger partial charge is 0.496 e. The molecule has 0 heterocycles. The summed E-state index contributed by atoms with van der Waals surface area (Å²) in [5.41, 5.74) is 3.14. The first-order chi connectivity index (χ1) is 16.1. The minimum absolute atomic E-state index is 0.0971. The molecule has 180 valence electrons. The summed E-state index contributed by atoms with van der Waals surface area (Å²) in [4.78, 5) is 13.0. The predicted molar refractivity (Wildman–Crippen MR) is 131 cm³/mol. The standard InChI is InChI=1S/C26H29FN2O4S/c1-5-24(20-8-15-25(33-4)19(3)16-20)28-26(30)17-29(22-11-6-18(2)7-12-22)34(31,32)23-13-9-21(27)10-14-23/h6-16,24H,5,17H2,1-4H3,(H,28,30). The SMILES string of the molecule is CCC(NC(=O)CN(c1ccc(C)cc1)S(=O)(=O)c1ccc(F)cc1)c1ccc(OC)c(C)c1. The zero-order chi connectivity index (χ0) is 24.9. The van der Waals surface area contributed by atoms with E-state index in [2.05, 4.69) is 5.32 Å². The van der Waals surface area contributed by atoms with Gasteiger partial charge in [0, 0.05) is 0 Å². The lowest BCUT2D eigenvalue weighted by molar-refractivity contribution is -0.120. The van der Waals surface area contributed by atoms with Crippen LogP contribution in [0.25, 0.3) is 0 Å². The maximum atomic E-state index is 13.4. The Hall–Kier alpha value is -3.39. The average Bonchev–Trinajstić information content (AvgIpc) is 2.82. The lowest BCUT2D eigenvalue weighted by Crippen LogP contribution is -2.42. The zero-order valence-electron chi connectivity index (χ0n) is 19.7. The second-order valence-electron chi connectivity index (χ2n) is 8.06. The van der Waals surface area contributed by atoms with E-state index in [1.54, 1.807) is 31.4 Å². The van der Waals surface area contributed by atoms with Crippen molar-refractivity contribution in [3.63, 3.8) is 0 Å². The summed E-state index contributed by atoms with van der Waals surface area (Å²) in [6, 6.07) is 16.8. The minimum Gasteiger partial charge on any atom is -0.496 e. The molecule has 3 aromatic rings. The van der Waals surface area contributed by atoms with Crippen LogP contribution in [0.4, 0.5) is 10.1 Å². The van der Waals surface area contributed by atoms with Crippen molar-refractivity contribution in [1.82, 2.24) is 5.32 Å². The number of carbonyl (C=O) groups excluding carboxylic acids is 1. The van der Waals surface area contributed by atoms with E-state index in [0.29, 0.717) is 12.1 Å². The number of nitrogens with zero attached hydrogens (tertiary/aromatic N) is 1. The van der Waals surface area contributed by atoms with Crippen LogP contribution in [-0.4, -0.2) is 28.0 Å². The highest BCUT2D eigenvalue weighted by Crippen LogP contribution is 2.26. The van der Waals surface area contributed by atoms with Crippen molar-refractivity contribution >= 4 is 21.6 Å². The Morgan fingerprint density at radius 2 is 1.68 bits per heavy atom. The maximum absolute atomic E-state index is 13.4. The number of aryl methyl sites for hydroxylation is 2. The fourth-order valence-corrected chi connectivity index (χ4v) is 5.09. The Kier molecular flexibility index (Phi) is 7.94. The van der Waals surface area contributed by atoms with E-state index < -0.39 is 28.3 Å². The number of methoxy groups -OCH3 is 1. The second kappa shape index (κ2) is 10.7. The summed E-state index contributed by atoms with van der Waals surface area (Å²) in [6.07, 6.45) is 0.618. The Morgan fingerprint density at radius 3 is 2.24 bits per heavy atom. The molecule has 0 aromatic heterocycles. The summed E-state index contributed by atoms with van der Waals surface area (Å²) in [7, 11) is -2.51. The molecule has 1 atom stereocenters. The molecule has 34 heavy (non-hydrogen) atoms. The molecule has 1 N–H and O–H groups in total. The molecular formula is C26H29FN2O4S. The van der Waals surface area contributed by atoms with Gasteiger partial charge in [0.25, 0.3) is 10.0 Å². The van der Waals surface area contributed by atoms with Crippen LogP contribution >= 0.6 is 0 Å². The highest BCUT2D eigenvalue weighted by molar-refractivity contribution is 7.92. The Balaban J connectivity index is 1.89. The smallest absolute Gasteiger partial charge is 0.264 e. The highest BCUT2D eigenvalue weighted by atomic mass is 32.2. The number of benzene rings is 3. The van der Waals surface area contributed by atoms with E-state index >= 15 is 0 Å². The molecule has 0 saturated heterocycles. The zero-order valence-corrected chi connectivity index (χ0v) is 20.5. The number of rotatable bonds is 9. The van der Waals surface area contributed by atoms with Gasteiger partial charge in [0.1, 0.15) is 18.1 Å². The van der Waals surface area contributed by atoms with E-state index in [-0.39, 0.29) is 10.9 Å². The maximum Gasteiger partial charge on any atom is 0.264 e. The molecule has 8 heteroatoms. The normalized spacial score (nSPS) is 12.1. The number of ether oxygens (including phenoxy) is 1. The summed E-state index contributed by atoms with van der Waals surface area (Å²) >= 11 is 0.